The topological polar surface area (TPSA) is 63.0 Å². The first-order valence-electron chi connectivity index (χ1n) is 6.46. The molecule has 6 heteroatoms. The van der Waals surface area contributed by atoms with Crippen molar-refractivity contribution in [2.45, 2.75) is 18.8 Å². The van der Waals surface area contributed by atoms with Gasteiger partial charge in [-0.25, -0.2) is 14.5 Å². The molecule has 100 valence electrons. The first-order valence-corrected chi connectivity index (χ1v) is 7.26. The molecule has 3 aromatic rings. The lowest BCUT2D eigenvalue weighted by Crippen LogP contribution is -2.14. The molecule has 5 nitrogen and oxygen atoms in total. The fourth-order valence-electron chi connectivity index (χ4n) is 2.38. The Kier molecular flexibility index (Phi) is 2.53. The number of rotatable bonds is 2. The van der Waals surface area contributed by atoms with Crippen LogP contribution in [-0.4, -0.2) is 19.6 Å². The average Bonchev–Trinajstić information content (AvgIpc) is 3.18. The van der Waals surface area contributed by atoms with Gasteiger partial charge in [0.05, 0.1) is 11.4 Å². The van der Waals surface area contributed by atoms with Crippen molar-refractivity contribution in [2.24, 2.45) is 0 Å². The third kappa shape index (κ3) is 1.87. The van der Waals surface area contributed by atoms with Crippen molar-refractivity contribution in [1.82, 2.24) is 19.6 Å². The molecule has 0 aliphatic heterocycles. The zero-order valence-electron chi connectivity index (χ0n) is 10.5. The first-order chi connectivity index (χ1) is 9.72. The van der Waals surface area contributed by atoms with Gasteiger partial charge in [-0.15, -0.1) is 0 Å². The number of aromatic nitrogens is 4. The van der Waals surface area contributed by atoms with Crippen LogP contribution < -0.4 is 5.56 Å². The zero-order valence-corrected chi connectivity index (χ0v) is 12.1. The van der Waals surface area contributed by atoms with Crippen molar-refractivity contribution in [1.29, 1.82) is 0 Å². The number of nitrogens with zero attached hydrogens (tertiary/aromatic N) is 3. The molecule has 0 amide bonds. The molecule has 0 saturated heterocycles. The van der Waals surface area contributed by atoms with Crippen molar-refractivity contribution in [3.63, 3.8) is 0 Å². The Balaban J connectivity index is 1.96. The number of aromatic amines is 1. The average molecular weight is 331 g/mol. The standard InChI is InChI=1S/C14H11BrN4O/c15-12-3-1-2-10(17-12)11-6-13(20)19-14(18-11)9(7-16-19)8-4-5-8/h1-3,6-8,16H,4-5H2. The minimum atomic E-state index is -0.112. The van der Waals surface area contributed by atoms with Crippen LogP contribution in [0.1, 0.15) is 24.3 Å². The van der Waals surface area contributed by atoms with Crippen molar-refractivity contribution < 1.29 is 0 Å². The normalized spacial score (nSPS) is 14.8. The summed E-state index contributed by atoms with van der Waals surface area (Å²) < 4.78 is 2.23. The van der Waals surface area contributed by atoms with Gasteiger partial charge in [-0.1, -0.05) is 6.07 Å². The quantitative estimate of drug-likeness (QED) is 0.735. The maximum atomic E-state index is 12.2. The maximum absolute atomic E-state index is 12.2. The molecule has 3 aromatic heterocycles. The number of halogens is 1. The van der Waals surface area contributed by atoms with Crippen LogP contribution in [0.3, 0.4) is 0 Å². The number of H-pyrrole nitrogens is 1. The van der Waals surface area contributed by atoms with Gasteiger partial charge in [-0.3, -0.25) is 9.89 Å². The van der Waals surface area contributed by atoms with Crippen LogP contribution in [0.15, 0.2) is 39.9 Å². The number of hydrogen-bond acceptors (Lipinski definition) is 3. The highest BCUT2D eigenvalue weighted by Crippen LogP contribution is 2.41. The molecule has 0 aromatic carbocycles. The van der Waals surface area contributed by atoms with Gasteiger partial charge in [-0.05, 0) is 46.8 Å². The Labute approximate surface area is 122 Å². The summed E-state index contributed by atoms with van der Waals surface area (Å²) in [4.78, 5) is 21.1. The van der Waals surface area contributed by atoms with E-state index >= 15 is 0 Å². The van der Waals surface area contributed by atoms with Gasteiger partial charge in [0.1, 0.15) is 4.60 Å². The van der Waals surface area contributed by atoms with E-state index in [0.29, 0.717) is 17.3 Å². The molecule has 4 rings (SSSR count). The molecule has 0 bridgehead atoms. The van der Waals surface area contributed by atoms with Crippen LogP contribution in [-0.2, 0) is 0 Å². The summed E-state index contributed by atoms with van der Waals surface area (Å²) in [5, 5.41) is 2.98. The van der Waals surface area contributed by atoms with Crippen LogP contribution in [0.2, 0.25) is 0 Å². The fourth-order valence-corrected chi connectivity index (χ4v) is 2.72. The van der Waals surface area contributed by atoms with Gasteiger partial charge >= 0.3 is 0 Å². The SMILES string of the molecule is O=c1cc(-c2cccc(Br)n2)nc2c(C3CC3)c[nH]n12. The van der Waals surface area contributed by atoms with Crippen LogP contribution in [0.4, 0.5) is 0 Å². The molecule has 0 spiro atoms. The predicted molar refractivity (Wildman–Crippen MR) is 78.7 cm³/mol. The Morgan fingerprint density at radius 2 is 2.10 bits per heavy atom. The molecule has 1 fully saturated rings. The molecule has 1 aliphatic rings. The van der Waals surface area contributed by atoms with Gasteiger partial charge in [0.2, 0.25) is 0 Å². The van der Waals surface area contributed by atoms with Crippen molar-refractivity contribution in [2.75, 3.05) is 0 Å². The molecule has 0 radical (unpaired) electrons. The number of pyridine rings is 1. The first kappa shape index (κ1) is 11.8. The summed E-state index contributed by atoms with van der Waals surface area (Å²) in [5.41, 5.74) is 3.04. The lowest BCUT2D eigenvalue weighted by molar-refractivity contribution is 0.899. The van der Waals surface area contributed by atoms with Gasteiger partial charge in [0.15, 0.2) is 5.65 Å². The van der Waals surface area contributed by atoms with Crippen LogP contribution in [0, 0.1) is 0 Å². The Morgan fingerprint density at radius 3 is 2.85 bits per heavy atom. The van der Waals surface area contributed by atoms with Crippen LogP contribution in [0.5, 0.6) is 0 Å². The number of fused-ring (bicyclic) bond motifs is 1. The fraction of sp³-hybridized carbons (Fsp3) is 0.214. The molecular weight excluding hydrogens is 320 g/mol. The number of hydrogen-bond donors (Lipinski definition) is 1. The third-order valence-corrected chi connectivity index (χ3v) is 3.96. The zero-order chi connectivity index (χ0) is 13.7. The van der Waals surface area contributed by atoms with Gasteiger partial charge in [0, 0.05) is 17.8 Å². The summed E-state index contributed by atoms with van der Waals surface area (Å²) in [6.45, 7) is 0. The summed E-state index contributed by atoms with van der Waals surface area (Å²) in [7, 11) is 0. The van der Waals surface area contributed by atoms with E-state index in [1.807, 2.05) is 24.4 Å². The van der Waals surface area contributed by atoms with Crippen molar-refractivity contribution in [3.8, 4) is 11.4 Å². The second-order valence-corrected chi connectivity index (χ2v) is 5.80. The van der Waals surface area contributed by atoms with E-state index < -0.39 is 0 Å². The molecule has 1 aliphatic carbocycles. The van der Waals surface area contributed by atoms with Crippen molar-refractivity contribution >= 4 is 21.6 Å². The molecule has 0 unspecified atom stereocenters. The highest BCUT2D eigenvalue weighted by Gasteiger charge is 2.27. The van der Waals surface area contributed by atoms with E-state index in [1.54, 1.807) is 0 Å². The number of nitrogens with one attached hydrogen (secondary N) is 1. The van der Waals surface area contributed by atoms with E-state index in [0.717, 1.165) is 15.8 Å². The smallest absolute Gasteiger partial charge is 0.273 e. The predicted octanol–water partition coefficient (Wildman–Crippen LogP) is 2.72. The van der Waals surface area contributed by atoms with Gasteiger partial charge < -0.3 is 0 Å². The molecule has 20 heavy (non-hydrogen) atoms. The van der Waals surface area contributed by atoms with Gasteiger partial charge in [0.25, 0.3) is 5.56 Å². The summed E-state index contributed by atoms with van der Waals surface area (Å²) in [5.74, 6) is 0.536. The largest absolute Gasteiger partial charge is 0.297 e. The van der Waals surface area contributed by atoms with Crippen molar-refractivity contribution in [3.05, 3.63) is 51.0 Å². The molecule has 0 atom stereocenters. The molecule has 1 saturated carbocycles. The summed E-state index contributed by atoms with van der Waals surface area (Å²) in [6.07, 6.45) is 4.23. The Morgan fingerprint density at radius 1 is 1.25 bits per heavy atom. The van der Waals surface area contributed by atoms with Crippen LogP contribution >= 0.6 is 15.9 Å². The van der Waals surface area contributed by atoms with Crippen LogP contribution in [0.25, 0.3) is 17.0 Å². The van der Waals surface area contributed by atoms with E-state index in [2.05, 4.69) is 31.0 Å². The van der Waals surface area contributed by atoms with E-state index in [1.165, 1.54) is 23.4 Å². The van der Waals surface area contributed by atoms with E-state index in [9.17, 15) is 4.79 Å². The van der Waals surface area contributed by atoms with E-state index in [-0.39, 0.29) is 5.56 Å². The second kappa shape index (κ2) is 4.28. The molecule has 3 heterocycles. The van der Waals surface area contributed by atoms with E-state index in [4.69, 9.17) is 0 Å². The summed E-state index contributed by atoms with van der Waals surface area (Å²) >= 11 is 3.34. The second-order valence-electron chi connectivity index (χ2n) is 4.99. The monoisotopic (exact) mass is 330 g/mol. The molecule has 1 N–H and O–H groups in total. The Bertz CT molecular complexity index is 863. The Hall–Kier alpha value is -1.95. The minimum Gasteiger partial charge on any atom is -0.297 e. The summed E-state index contributed by atoms with van der Waals surface area (Å²) in [6, 6.07) is 7.09. The molecular formula is C14H11BrN4O. The highest BCUT2D eigenvalue weighted by molar-refractivity contribution is 9.10. The maximum Gasteiger partial charge on any atom is 0.273 e. The minimum absolute atomic E-state index is 0.112. The third-order valence-electron chi connectivity index (χ3n) is 3.52. The lowest BCUT2D eigenvalue weighted by atomic mass is 10.2. The lowest BCUT2D eigenvalue weighted by Gasteiger charge is -2.02. The highest BCUT2D eigenvalue weighted by atomic mass is 79.9. The van der Waals surface area contributed by atoms with Gasteiger partial charge in [-0.2, -0.15) is 0 Å².